The van der Waals surface area contributed by atoms with E-state index in [9.17, 15) is 9.59 Å². The molecule has 0 aliphatic heterocycles. The van der Waals surface area contributed by atoms with Crippen LogP contribution in [0.15, 0.2) is 0 Å². The third-order valence-corrected chi connectivity index (χ3v) is 6.22. The monoisotopic (exact) mass is 335 g/mol. The Morgan fingerprint density at radius 3 is 1.96 bits per heavy atom. The van der Waals surface area contributed by atoms with Gasteiger partial charge >= 0.3 is 5.97 Å². The van der Waals surface area contributed by atoms with Crippen LogP contribution < -0.4 is 5.32 Å². The van der Waals surface area contributed by atoms with Gasteiger partial charge in [-0.05, 0) is 74.5 Å². The van der Waals surface area contributed by atoms with Crippen LogP contribution in [0, 0.1) is 29.1 Å². The van der Waals surface area contributed by atoms with Gasteiger partial charge < -0.3 is 10.1 Å². The van der Waals surface area contributed by atoms with E-state index < -0.39 is 0 Å². The SMILES string of the molecule is CC(C)(C)C1CCC(C(=O)OCC(=O)NC(C2CC2)C2CC2)CC1. The van der Waals surface area contributed by atoms with Crippen LogP contribution in [0.1, 0.15) is 72.1 Å². The van der Waals surface area contributed by atoms with E-state index in [1.807, 2.05) is 0 Å². The van der Waals surface area contributed by atoms with E-state index in [4.69, 9.17) is 4.74 Å². The molecule has 0 aromatic carbocycles. The van der Waals surface area contributed by atoms with E-state index in [0.717, 1.165) is 25.7 Å². The fourth-order valence-corrected chi connectivity index (χ4v) is 4.21. The maximum Gasteiger partial charge on any atom is 0.309 e. The third-order valence-electron chi connectivity index (χ3n) is 6.22. The summed E-state index contributed by atoms with van der Waals surface area (Å²) in [7, 11) is 0. The first-order valence-corrected chi connectivity index (χ1v) is 9.80. The highest BCUT2D eigenvalue weighted by molar-refractivity contribution is 5.81. The normalized spacial score (nSPS) is 27.8. The Labute approximate surface area is 146 Å². The van der Waals surface area contributed by atoms with Crippen molar-refractivity contribution in [3.05, 3.63) is 0 Å². The van der Waals surface area contributed by atoms with E-state index in [-0.39, 0.29) is 24.4 Å². The molecule has 0 saturated heterocycles. The second kappa shape index (κ2) is 7.05. The van der Waals surface area contributed by atoms with E-state index >= 15 is 0 Å². The van der Waals surface area contributed by atoms with Crippen LogP contribution in [-0.2, 0) is 14.3 Å². The summed E-state index contributed by atoms with van der Waals surface area (Å²) >= 11 is 0. The molecule has 4 heteroatoms. The number of carbonyl (C=O) groups excluding carboxylic acids is 2. The molecule has 1 N–H and O–H groups in total. The Bertz CT molecular complexity index is 454. The lowest BCUT2D eigenvalue weighted by atomic mass is 9.70. The fourth-order valence-electron chi connectivity index (χ4n) is 4.21. The molecule has 0 aromatic rings. The molecule has 3 saturated carbocycles. The molecule has 0 unspecified atom stereocenters. The topological polar surface area (TPSA) is 55.4 Å². The Balaban J connectivity index is 1.37. The molecule has 3 aliphatic carbocycles. The molecule has 3 aliphatic rings. The average molecular weight is 335 g/mol. The van der Waals surface area contributed by atoms with E-state index in [1.165, 1.54) is 25.7 Å². The van der Waals surface area contributed by atoms with Crippen molar-refractivity contribution in [2.24, 2.45) is 29.1 Å². The highest BCUT2D eigenvalue weighted by atomic mass is 16.5. The molecule has 3 rings (SSSR count). The van der Waals surface area contributed by atoms with Crippen LogP contribution in [0.5, 0.6) is 0 Å². The van der Waals surface area contributed by atoms with Crippen molar-refractivity contribution in [2.75, 3.05) is 6.61 Å². The van der Waals surface area contributed by atoms with Gasteiger partial charge in [-0.1, -0.05) is 20.8 Å². The van der Waals surface area contributed by atoms with E-state index in [2.05, 4.69) is 26.1 Å². The fraction of sp³-hybridized carbons (Fsp3) is 0.900. The first-order valence-electron chi connectivity index (χ1n) is 9.80. The molecule has 1 amide bonds. The Morgan fingerprint density at radius 2 is 1.50 bits per heavy atom. The van der Waals surface area contributed by atoms with Crippen LogP contribution in [0.25, 0.3) is 0 Å². The Hall–Kier alpha value is -1.06. The van der Waals surface area contributed by atoms with Crippen molar-refractivity contribution in [1.82, 2.24) is 5.32 Å². The second-order valence-corrected chi connectivity index (χ2v) is 9.29. The molecule has 0 bridgehead atoms. The molecule has 4 nitrogen and oxygen atoms in total. The van der Waals surface area contributed by atoms with Crippen molar-refractivity contribution >= 4 is 11.9 Å². The van der Waals surface area contributed by atoms with E-state index in [0.29, 0.717) is 29.2 Å². The van der Waals surface area contributed by atoms with Gasteiger partial charge in [-0.15, -0.1) is 0 Å². The van der Waals surface area contributed by atoms with Crippen LogP contribution in [0.3, 0.4) is 0 Å². The van der Waals surface area contributed by atoms with Crippen molar-refractivity contribution in [3.63, 3.8) is 0 Å². The quantitative estimate of drug-likeness (QED) is 0.753. The predicted molar refractivity (Wildman–Crippen MR) is 93.2 cm³/mol. The largest absolute Gasteiger partial charge is 0.455 e. The zero-order chi connectivity index (χ0) is 17.3. The lowest BCUT2D eigenvalue weighted by Crippen LogP contribution is -2.41. The summed E-state index contributed by atoms with van der Waals surface area (Å²) < 4.78 is 5.31. The number of carbonyl (C=O) groups is 2. The Morgan fingerprint density at radius 1 is 0.958 bits per heavy atom. The van der Waals surface area contributed by atoms with Gasteiger partial charge in [0, 0.05) is 6.04 Å². The summed E-state index contributed by atoms with van der Waals surface area (Å²) in [6, 6.07) is 0.332. The summed E-state index contributed by atoms with van der Waals surface area (Å²) in [4.78, 5) is 24.3. The van der Waals surface area contributed by atoms with Gasteiger partial charge in [-0.25, -0.2) is 0 Å². The van der Waals surface area contributed by atoms with Crippen LogP contribution in [0.4, 0.5) is 0 Å². The predicted octanol–water partition coefficient (Wildman–Crippen LogP) is 3.69. The molecule has 136 valence electrons. The minimum Gasteiger partial charge on any atom is -0.455 e. The molecule has 0 heterocycles. The number of rotatable bonds is 6. The Kier molecular flexibility index (Phi) is 5.22. The number of nitrogens with one attached hydrogen (secondary N) is 1. The van der Waals surface area contributed by atoms with Gasteiger partial charge in [0.25, 0.3) is 5.91 Å². The summed E-state index contributed by atoms with van der Waals surface area (Å²) in [6.45, 7) is 6.72. The molecule has 0 aromatic heterocycles. The highest BCUT2D eigenvalue weighted by Gasteiger charge is 2.42. The molecule has 3 fully saturated rings. The van der Waals surface area contributed by atoms with Gasteiger partial charge in [0.15, 0.2) is 6.61 Å². The molecular formula is C20H33NO3. The molecule has 0 spiro atoms. The molecule has 24 heavy (non-hydrogen) atoms. The zero-order valence-corrected chi connectivity index (χ0v) is 15.5. The average Bonchev–Trinajstić information content (AvgIpc) is 3.42. The number of esters is 1. The number of amides is 1. The van der Waals surface area contributed by atoms with Gasteiger partial charge in [-0.3, -0.25) is 9.59 Å². The van der Waals surface area contributed by atoms with Crippen molar-refractivity contribution < 1.29 is 14.3 Å². The van der Waals surface area contributed by atoms with Gasteiger partial charge in [0.1, 0.15) is 0 Å². The lowest BCUT2D eigenvalue weighted by molar-refractivity contribution is -0.154. The summed E-state index contributed by atoms with van der Waals surface area (Å²) in [5.74, 6) is 1.72. The minimum absolute atomic E-state index is 0.0148. The maximum atomic E-state index is 12.2. The summed E-state index contributed by atoms with van der Waals surface area (Å²) in [5, 5.41) is 3.11. The third kappa shape index (κ3) is 4.73. The summed E-state index contributed by atoms with van der Waals surface area (Å²) in [6.07, 6.45) is 8.90. The van der Waals surface area contributed by atoms with Crippen LogP contribution in [0.2, 0.25) is 0 Å². The zero-order valence-electron chi connectivity index (χ0n) is 15.5. The number of hydrogen-bond donors (Lipinski definition) is 1. The van der Waals surface area contributed by atoms with Gasteiger partial charge in [0.2, 0.25) is 0 Å². The van der Waals surface area contributed by atoms with Gasteiger partial charge in [-0.2, -0.15) is 0 Å². The second-order valence-electron chi connectivity index (χ2n) is 9.29. The molecule has 0 atom stereocenters. The van der Waals surface area contributed by atoms with E-state index in [1.54, 1.807) is 0 Å². The standard InChI is InChI=1S/C20H33NO3/c1-20(2,3)16-10-8-15(9-11-16)19(23)24-12-17(22)21-18(13-4-5-13)14-6-7-14/h13-16,18H,4-12H2,1-3H3,(H,21,22). The smallest absolute Gasteiger partial charge is 0.309 e. The maximum absolute atomic E-state index is 12.2. The van der Waals surface area contributed by atoms with Crippen molar-refractivity contribution in [1.29, 1.82) is 0 Å². The number of hydrogen-bond acceptors (Lipinski definition) is 3. The highest BCUT2D eigenvalue weighted by Crippen LogP contribution is 2.44. The minimum atomic E-state index is -0.174. The number of ether oxygens (including phenoxy) is 1. The van der Waals surface area contributed by atoms with Crippen LogP contribution in [-0.4, -0.2) is 24.5 Å². The van der Waals surface area contributed by atoms with Crippen LogP contribution >= 0.6 is 0 Å². The van der Waals surface area contributed by atoms with Gasteiger partial charge in [0.05, 0.1) is 5.92 Å². The van der Waals surface area contributed by atoms with Crippen molar-refractivity contribution in [3.8, 4) is 0 Å². The van der Waals surface area contributed by atoms with Crippen molar-refractivity contribution in [2.45, 2.75) is 78.2 Å². The first kappa shape index (κ1) is 17.8. The first-order chi connectivity index (χ1) is 11.3. The molecular weight excluding hydrogens is 302 g/mol. The lowest BCUT2D eigenvalue weighted by Gasteiger charge is -2.36. The summed E-state index contributed by atoms with van der Waals surface area (Å²) in [5.41, 5.74) is 0.315. The molecule has 0 radical (unpaired) electrons.